The van der Waals surface area contributed by atoms with E-state index in [-0.39, 0.29) is 17.5 Å². The van der Waals surface area contributed by atoms with Crippen molar-refractivity contribution >= 4 is 65.8 Å². The van der Waals surface area contributed by atoms with Gasteiger partial charge in [-0.1, -0.05) is 64.9 Å². The predicted octanol–water partition coefficient (Wildman–Crippen LogP) is 6.45. The summed E-state index contributed by atoms with van der Waals surface area (Å²) in [7, 11) is -3.76. The summed E-state index contributed by atoms with van der Waals surface area (Å²) in [6, 6.07) is 18.4. The topological polar surface area (TPSA) is 79.4 Å². The third-order valence-electron chi connectivity index (χ3n) is 5.11. The minimum Gasteiger partial charge on any atom is -0.298 e. The number of anilines is 1. The zero-order valence-corrected chi connectivity index (χ0v) is 21.5. The maximum Gasteiger partial charge on any atom is 0.257 e. The molecule has 1 amide bonds. The Hall–Kier alpha value is -2.49. The van der Waals surface area contributed by atoms with E-state index < -0.39 is 15.9 Å². The smallest absolute Gasteiger partial charge is 0.257 e. The average Bonchev–Trinajstić information content (AvgIpc) is 3.20. The number of sulfonamides is 1. The van der Waals surface area contributed by atoms with Crippen LogP contribution in [0.4, 0.5) is 5.13 Å². The van der Waals surface area contributed by atoms with Crippen LogP contribution in [0.5, 0.6) is 0 Å². The largest absolute Gasteiger partial charge is 0.298 e. The molecule has 0 radical (unpaired) electrons. The molecule has 1 aromatic heterocycles. The van der Waals surface area contributed by atoms with E-state index in [0.717, 1.165) is 10.3 Å². The maximum atomic E-state index is 13.3. The van der Waals surface area contributed by atoms with Crippen molar-refractivity contribution in [2.75, 3.05) is 5.32 Å². The number of hydrogen-bond acceptors (Lipinski definition) is 5. The number of halogens is 2. The normalized spacial score (nSPS) is 11.9. The van der Waals surface area contributed by atoms with Crippen molar-refractivity contribution in [3.8, 4) is 0 Å². The molecule has 4 rings (SSSR count). The second kappa shape index (κ2) is 10.0. The zero-order chi connectivity index (χ0) is 24.5. The van der Waals surface area contributed by atoms with E-state index >= 15 is 0 Å². The number of thiazole rings is 1. The van der Waals surface area contributed by atoms with Crippen molar-refractivity contribution in [2.24, 2.45) is 0 Å². The highest BCUT2D eigenvalue weighted by atomic mass is 35.5. The van der Waals surface area contributed by atoms with Crippen LogP contribution in [-0.4, -0.2) is 29.7 Å². The lowest BCUT2D eigenvalue weighted by Gasteiger charge is -2.26. The number of carbonyl (C=O) groups is 1. The van der Waals surface area contributed by atoms with Gasteiger partial charge in [-0.2, -0.15) is 4.31 Å². The van der Waals surface area contributed by atoms with Gasteiger partial charge < -0.3 is 0 Å². The van der Waals surface area contributed by atoms with Crippen LogP contribution in [0.15, 0.2) is 71.6 Å². The molecule has 1 N–H and O–H groups in total. The summed E-state index contributed by atoms with van der Waals surface area (Å²) < 4.78 is 28.8. The first-order chi connectivity index (χ1) is 16.1. The van der Waals surface area contributed by atoms with Crippen molar-refractivity contribution < 1.29 is 13.2 Å². The van der Waals surface area contributed by atoms with Gasteiger partial charge >= 0.3 is 0 Å². The molecule has 10 heteroatoms. The van der Waals surface area contributed by atoms with Crippen molar-refractivity contribution in [3.63, 3.8) is 0 Å². The highest BCUT2D eigenvalue weighted by Crippen LogP contribution is 2.34. The third kappa shape index (κ3) is 5.26. The van der Waals surface area contributed by atoms with E-state index in [1.807, 2.05) is 44.2 Å². The highest BCUT2D eigenvalue weighted by molar-refractivity contribution is 7.89. The molecule has 0 spiro atoms. The maximum absolute atomic E-state index is 13.3. The molecular formula is C24H21Cl2N3O3S2. The van der Waals surface area contributed by atoms with Gasteiger partial charge in [0.2, 0.25) is 10.0 Å². The standard InChI is InChI=1S/C24H21Cl2N3O3S2/c1-15(2)29(14-16-6-4-3-5-7-16)34(31,32)19-10-8-17(9-11-19)23(30)28-24-27-22-20(26)12-18(25)13-21(22)33-24/h3-13,15H,14H2,1-2H3,(H,27,28,30). The summed E-state index contributed by atoms with van der Waals surface area (Å²) in [5.74, 6) is -0.407. The van der Waals surface area contributed by atoms with Gasteiger partial charge in [0, 0.05) is 23.2 Å². The minimum absolute atomic E-state index is 0.120. The second-order valence-electron chi connectivity index (χ2n) is 7.86. The number of rotatable bonds is 7. The molecule has 1 heterocycles. The van der Waals surface area contributed by atoms with Crippen molar-refractivity contribution in [3.05, 3.63) is 87.9 Å². The first-order valence-electron chi connectivity index (χ1n) is 10.4. The van der Waals surface area contributed by atoms with Gasteiger partial charge in [0.15, 0.2) is 5.13 Å². The Morgan fingerprint density at radius 2 is 1.74 bits per heavy atom. The fourth-order valence-electron chi connectivity index (χ4n) is 3.40. The molecule has 6 nitrogen and oxygen atoms in total. The number of carbonyl (C=O) groups excluding carboxylic acids is 1. The third-order valence-corrected chi connectivity index (χ3v) is 8.57. The van der Waals surface area contributed by atoms with Crippen LogP contribution in [0.1, 0.15) is 29.8 Å². The van der Waals surface area contributed by atoms with Gasteiger partial charge in [-0.05, 0) is 55.8 Å². The predicted molar refractivity (Wildman–Crippen MR) is 138 cm³/mol. The van der Waals surface area contributed by atoms with Crippen molar-refractivity contribution in [2.45, 2.75) is 31.3 Å². The summed E-state index contributed by atoms with van der Waals surface area (Å²) in [6.07, 6.45) is 0. The molecule has 0 aliphatic heterocycles. The van der Waals surface area contributed by atoms with Crippen LogP contribution >= 0.6 is 34.5 Å². The lowest BCUT2D eigenvalue weighted by molar-refractivity contribution is 0.102. The first-order valence-corrected chi connectivity index (χ1v) is 13.4. The summed E-state index contributed by atoms with van der Waals surface area (Å²) in [5, 5.41) is 3.99. The number of fused-ring (bicyclic) bond motifs is 1. The summed E-state index contributed by atoms with van der Waals surface area (Å²) in [5.41, 5.74) is 1.76. The van der Waals surface area contributed by atoms with Crippen LogP contribution in [0.25, 0.3) is 10.2 Å². The summed E-state index contributed by atoms with van der Waals surface area (Å²) in [4.78, 5) is 17.2. The minimum atomic E-state index is -3.76. The Morgan fingerprint density at radius 1 is 1.06 bits per heavy atom. The van der Waals surface area contributed by atoms with E-state index in [1.165, 1.54) is 39.9 Å². The van der Waals surface area contributed by atoms with Gasteiger partial charge in [0.1, 0.15) is 5.52 Å². The van der Waals surface area contributed by atoms with Crippen molar-refractivity contribution in [1.82, 2.24) is 9.29 Å². The molecule has 0 bridgehead atoms. The van der Waals surface area contributed by atoms with Gasteiger partial charge in [0.05, 0.1) is 14.6 Å². The Morgan fingerprint density at radius 3 is 2.38 bits per heavy atom. The first kappa shape index (κ1) is 24.6. The molecule has 0 unspecified atom stereocenters. The van der Waals surface area contributed by atoms with Crippen molar-refractivity contribution in [1.29, 1.82) is 0 Å². The number of amides is 1. The molecular weight excluding hydrogens is 513 g/mol. The molecule has 0 saturated heterocycles. The van der Waals surface area contributed by atoms with Gasteiger partial charge in [-0.3, -0.25) is 10.1 Å². The number of nitrogens with zero attached hydrogens (tertiary/aromatic N) is 2. The van der Waals surface area contributed by atoms with E-state index in [2.05, 4.69) is 10.3 Å². The molecule has 0 atom stereocenters. The fraction of sp³-hybridized carbons (Fsp3) is 0.167. The molecule has 34 heavy (non-hydrogen) atoms. The monoisotopic (exact) mass is 533 g/mol. The number of benzene rings is 3. The number of aromatic nitrogens is 1. The molecule has 0 aliphatic carbocycles. The molecule has 0 fully saturated rings. The van der Waals surface area contributed by atoms with Gasteiger partial charge in [-0.25, -0.2) is 13.4 Å². The zero-order valence-electron chi connectivity index (χ0n) is 18.3. The number of hydrogen-bond donors (Lipinski definition) is 1. The average molecular weight is 534 g/mol. The quantitative estimate of drug-likeness (QED) is 0.295. The highest BCUT2D eigenvalue weighted by Gasteiger charge is 2.27. The van der Waals surface area contributed by atoms with E-state index in [4.69, 9.17) is 23.2 Å². The summed E-state index contributed by atoms with van der Waals surface area (Å²) >= 11 is 13.5. The Bertz CT molecular complexity index is 1440. The number of nitrogens with one attached hydrogen (secondary N) is 1. The molecule has 0 aliphatic rings. The van der Waals surface area contributed by atoms with Crippen LogP contribution in [0.3, 0.4) is 0 Å². The lowest BCUT2D eigenvalue weighted by atomic mass is 10.2. The lowest BCUT2D eigenvalue weighted by Crippen LogP contribution is -2.36. The van der Waals surface area contributed by atoms with Gasteiger partial charge in [0.25, 0.3) is 5.91 Å². The second-order valence-corrected chi connectivity index (χ2v) is 11.6. The Kier molecular flexibility index (Phi) is 7.25. The van der Waals surface area contributed by atoms with Crippen LogP contribution < -0.4 is 5.32 Å². The molecule has 0 saturated carbocycles. The Balaban J connectivity index is 1.53. The molecule has 4 aromatic rings. The van der Waals surface area contributed by atoms with Gasteiger partial charge in [-0.15, -0.1) is 0 Å². The van der Waals surface area contributed by atoms with Crippen LogP contribution in [0.2, 0.25) is 10.0 Å². The van der Waals surface area contributed by atoms with E-state index in [9.17, 15) is 13.2 Å². The SMILES string of the molecule is CC(C)N(Cc1ccccc1)S(=O)(=O)c1ccc(C(=O)Nc2nc3c(Cl)cc(Cl)cc3s2)cc1. The van der Waals surface area contributed by atoms with E-state index in [1.54, 1.807) is 12.1 Å². The van der Waals surface area contributed by atoms with E-state index in [0.29, 0.717) is 26.3 Å². The molecule has 3 aromatic carbocycles. The Labute approximate surface area is 212 Å². The fourth-order valence-corrected chi connectivity index (χ4v) is 6.61. The summed E-state index contributed by atoms with van der Waals surface area (Å²) in [6.45, 7) is 3.92. The van der Waals surface area contributed by atoms with Crippen LogP contribution in [0, 0.1) is 0 Å². The van der Waals surface area contributed by atoms with Crippen LogP contribution in [-0.2, 0) is 16.6 Å². The molecule has 176 valence electrons.